The van der Waals surface area contributed by atoms with Gasteiger partial charge in [-0.2, -0.15) is 0 Å². The van der Waals surface area contributed by atoms with Crippen LogP contribution in [0, 0.1) is 12.3 Å². The van der Waals surface area contributed by atoms with Gasteiger partial charge in [-0.15, -0.1) is 11.5 Å². The minimum absolute atomic E-state index is 0.111. The number of imidazole rings is 1. The monoisotopic (exact) mass is 421 g/mol. The number of terminal acetylenes is 1. The second-order valence-corrected chi connectivity index (χ2v) is 7.30. The summed E-state index contributed by atoms with van der Waals surface area (Å²) in [6.07, 6.45) is 9.05. The molecule has 3 N–H and O–H groups in total. The minimum atomic E-state index is -0.459. The number of hydrogen-bond donors (Lipinski definition) is 2. The molecule has 3 aromatic heterocycles. The smallest absolute Gasteiger partial charge is 0.259 e. The Kier molecular flexibility index (Phi) is 4.57. The van der Waals surface area contributed by atoms with Crippen LogP contribution in [0.5, 0.6) is 0 Å². The molecular weight excluding hydrogens is 402 g/mol. The molecule has 0 radical (unpaired) electrons. The number of anilines is 1. The van der Waals surface area contributed by atoms with E-state index in [1.54, 1.807) is 18.5 Å². The molecule has 2 aromatic carbocycles. The molecule has 0 saturated heterocycles. The molecule has 32 heavy (non-hydrogen) atoms. The standard InChI is InChI=1S/C24H19N7O/c1-3-16-9-7-12-18-20(16)31(17-10-5-4-6-11-17)22(28-18)15(2)27-24(32)19-21(25)29-30-14-8-13-26-23(19)30/h1,4-15H,2H3,(H2,25,29)(H,27,32)/t15-/m0/s1. The van der Waals surface area contributed by atoms with Crippen molar-refractivity contribution in [2.75, 3.05) is 5.73 Å². The van der Waals surface area contributed by atoms with Crippen LogP contribution in [0.4, 0.5) is 5.82 Å². The number of nitrogen functional groups attached to an aromatic ring is 1. The summed E-state index contributed by atoms with van der Waals surface area (Å²) in [4.78, 5) is 22.2. The van der Waals surface area contributed by atoms with Crippen LogP contribution in [0.1, 0.15) is 34.7 Å². The molecule has 0 aliphatic carbocycles. The average Bonchev–Trinajstić information content (AvgIpc) is 3.36. The summed E-state index contributed by atoms with van der Waals surface area (Å²) in [5.74, 6) is 3.11. The summed E-state index contributed by atoms with van der Waals surface area (Å²) < 4.78 is 3.46. The third kappa shape index (κ3) is 3.04. The highest BCUT2D eigenvalue weighted by atomic mass is 16.1. The number of benzene rings is 2. The second kappa shape index (κ2) is 7.56. The highest BCUT2D eigenvalue weighted by Gasteiger charge is 2.25. The quantitative estimate of drug-likeness (QED) is 0.434. The van der Waals surface area contributed by atoms with E-state index in [1.807, 2.05) is 60.0 Å². The van der Waals surface area contributed by atoms with E-state index in [1.165, 1.54) is 4.52 Å². The number of hydrogen-bond acceptors (Lipinski definition) is 5. The van der Waals surface area contributed by atoms with E-state index in [-0.39, 0.29) is 17.3 Å². The normalized spacial score (nSPS) is 12.0. The molecule has 1 amide bonds. The summed E-state index contributed by atoms with van der Waals surface area (Å²) >= 11 is 0. The molecule has 0 unspecified atom stereocenters. The predicted molar refractivity (Wildman–Crippen MR) is 122 cm³/mol. The van der Waals surface area contributed by atoms with Crippen molar-refractivity contribution in [2.45, 2.75) is 13.0 Å². The van der Waals surface area contributed by atoms with Crippen molar-refractivity contribution in [2.24, 2.45) is 0 Å². The van der Waals surface area contributed by atoms with Crippen LogP contribution in [0.3, 0.4) is 0 Å². The van der Waals surface area contributed by atoms with Crippen LogP contribution in [0.2, 0.25) is 0 Å². The van der Waals surface area contributed by atoms with Crippen LogP contribution in [0.15, 0.2) is 67.0 Å². The number of amides is 1. The zero-order valence-corrected chi connectivity index (χ0v) is 17.2. The fraction of sp³-hybridized carbons (Fsp3) is 0.0833. The number of carbonyl (C=O) groups is 1. The van der Waals surface area contributed by atoms with Gasteiger partial charge in [0.15, 0.2) is 11.5 Å². The molecule has 8 nitrogen and oxygen atoms in total. The number of nitrogens with zero attached hydrogens (tertiary/aromatic N) is 5. The Balaban J connectivity index is 1.61. The van der Waals surface area contributed by atoms with Crippen LogP contribution in [-0.2, 0) is 0 Å². The number of aromatic nitrogens is 5. The Morgan fingerprint density at radius 1 is 1.16 bits per heavy atom. The molecule has 5 rings (SSSR count). The van der Waals surface area contributed by atoms with Crippen molar-refractivity contribution in [1.29, 1.82) is 0 Å². The maximum absolute atomic E-state index is 13.2. The van der Waals surface area contributed by atoms with Crippen molar-refractivity contribution in [3.8, 4) is 18.0 Å². The topological polar surface area (TPSA) is 103 Å². The maximum atomic E-state index is 13.2. The molecule has 0 bridgehead atoms. The van der Waals surface area contributed by atoms with Gasteiger partial charge < -0.3 is 11.1 Å². The van der Waals surface area contributed by atoms with Crippen molar-refractivity contribution >= 4 is 28.4 Å². The zero-order valence-electron chi connectivity index (χ0n) is 17.2. The summed E-state index contributed by atoms with van der Waals surface area (Å²) in [5.41, 5.74) is 9.81. The zero-order chi connectivity index (χ0) is 22.2. The molecule has 8 heteroatoms. The average molecular weight is 421 g/mol. The lowest BCUT2D eigenvalue weighted by Gasteiger charge is -2.16. The first-order valence-corrected chi connectivity index (χ1v) is 10.0. The molecule has 0 aliphatic heterocycles. The van der Waals surface area contributed by atoms with E-state index >= 15 is 0 Å². The van der Waals surface area contributed by atoms with Crippen LogP contribution < -0.4 is 11.1 Å². The predicted octanol–water partition coefficient (Wildman–Crippen LogP) is 3.12. The fourth-order valence-electron chi connectivity index (χ4n) is 3.84. The first kappa shape index (κ1) is 19.3. The van der Waals surface area contributed by atoms with Crippen LogP contribution in [-0.4, -0.2) is 30.1 Å². The van der Waals surface area contributed by atoms with Gasteiger partial charge >= 0.3 is 0 Å². The molecule has 0 fully saturated rings. The number of nitrogens with one attached hydrogen (secondary N) is 1. The third-order valence-electron chi connectivity index (χ3n) is 5.26. The minimum Gasteiger partial charge on any atom is -0.381 e. The number of rotatable bonds is 4. The lowest BCUT2D eigenvalue weighted by atomic mass is 10.2. The van der Waals surface area contributed by atoms with Gasteiger partial charge in [0.25, 0.3) is 5.91 Å². The van der Waals surface area contributed by atoms with E-state index in [9.17, 15) is 4.79 Å². The van der Waals surface area contributed by atoms with Crippen molar-refractivity contribution in [1.82, 2.24) is 29.5 Å². The summed E-state index contributed by atoms with van der Waals surface area (Å²) in [6, 6.07) is 16.7. The van der Waals surface area contributed by atoms with Gasteiger partial charge in [0.05, 0.1) is 22.6 Å². The summed E-state index contributed by atoms with van der Waals surface area (Å²) in [6.45, 7) is 1.86. The Bertz CT molecular complexity index is 1510. The first-order valence-electron chi connectivity index (χ1n) is 10.0. The summed E-state index contributed by atoms with van der Waals surface area (Å²) in [7, 11) is 0. The molecule has 5 aromatic rings. The Labute approximate surface area is 183 Å². The van der Waals surface area contributed by atoms with Gasteiger partial charge in [-0.25, -0.2) is 14.5 Å². The molecule has 3 heterocycles. The number of para-hydroxylation sites is 2. The lowest BCUT2D eigenvalue weighted by Crippen LogP contribution is -2.29. The van der Waals surface area contributed by atoms with Crippen molar-refractivity contribution < 1.29 is 4.79 Å². The third-order valence-corrected chi connectivity index (χ3v) is 5.26. The number of carbonyl (C=O) groups excluding carboxylic acids is 1. The fourth-order valence-corrected chi connectivity index (χ4v) is 3.84. The van der Waals surface area contributed by atoms with E-state index in [0.29, 0.717) is 11.5 Å². The molecule has 0 saturated carbocycles. The van der Waals surface area contributed by atoms with E-state index in [4.69, 9.17) is 17.1 Å². The molecule has 156 valence electrons. The second-order valence-electron chi connectivity index (χ2n) is 7.30. The molecule has 1 atom stereocenters. The van der Waals surface area contributed by atoms with Gasteiger partial charge in [0.1, 0.15) is 11.4 Å². The van der Waals surface area contributed by atoms with Gasteiger partial charge in [-0.3, -0.25) is 9.36 Å². The molecule has 0 aliphatic rings. The molecular formula is C24H19N7O. The molecule has 0 spiro atoms. The van der Waals surface area contributed by atoms with Crippen molar-refractivity contribution in [3.63, 3.8) is 0 Å². The lowest BCUT2D eigenvalue weighted by molar-refractivity contribution is 0.0940. The van der Waals surface area contributed by atoms with E-state index < -0.39 is 6.04 Å². The van der Waals surface area contributed by atoms with Gasteiger partial charge in [-0.05, 0) is 37.3 Å². The Morgan fingerprint density at radius 2 is 1.97 bits per heavy atom. The maximum Gasteiger partial charge on any atom is 0.259 e. The SMILES string of the molecule is C#Cc1cccc2nc([C@H](C)NC(=O)c3c(N)nn4cccnc34)n(-c3ccccc3)c12. The van der Waals surface area contributed by atoms with Crippen LogP contribution in [0.25, 0.3) is 22.4 Å². The van der Waals surface area contributed by atoms with E-state index in [0.717, 1.165) is 22.3 Å². The Morgan fingerprint density at radius 3 is 2.75 bits per heavy atom. The van der Waals surface area contributed by atoms with Crippen molar-refractivity contribution in [3.05, 3.63) is 83.9 Å². The van der Waals surface area contributed by atoms with E-state index in [2.05, 4.69) is 21.3 Å². The van der Waals surface area contributed by atoms with Gasteiger partial charge in [0, 0.05) is 18.1 Å². The number of nitrogens with two attached hydrogens (primary N) is 1. The highest BCUT2D eigenvalue weighted by molar-refractivity contribution is 6.04. The van der Waals surface area contributed by atoms with Crippen LogP contribution >= 0.6 is 0 Å². The van der Waals surface area contributed by atoms with Gasteiger partial charge in [-0.1, -0.05) is 30.2 Å². The highest BCUT2D eigenvalue weighted by Crippen LogP contribution is 2.28. The Hall–Kier alpha value is -4.64. The first-order chi connectivity index (χ1) is 15.6. The largest absolute Gasteiger partial charge is 0.381 e. The number of fused-ring (bicyclic) bond motifs is 2. The van der Waals surface area contributed by atoms with Gasteiger partial charge in [0.2, 0.25) is 0 Å². The summed E-state index contributed by atoms with van der Waals surface area (Å²) in [5, 5.41) is 7.16.